The van der Waals surface area contributed by atoms with Gasteiger partial charge in [-0.3, -0.25) is 0 Å². The summed E-state index contributed by atoms with van der Waals surface area (Å²) in [5.74, 6) is 0. The molecular formula is C8H20NO+. The molecule has 0 aromatic heterocycles. The molecule has 62 valence electrons. The molecule has 0 heterocycles. The summed E-state index contributed by atoms with van der Waals surface area (Å²) in [4.78, 5) is 0. The second-order valence-corrected chi connectivity index (χ2v) is 3.43. The van der Waals surface area contributed by atoms with Crippen LogP contribution in [0.15, 0.2) is 0 Å². The van der Waals surface area contributed by atoms with Gasteiger partial charge in [0, 0.05) is 6.42 Å². The Bertz CT molecular complexity index is 85.7. The third kappa shape index (κ3) is 3.18. The van der Waals surface area contributed by atoms with E-state index >= 15 is 0 Å². The van der Waals surface area contributed by atoms with Gasteiger partial charge in [-0.15, -0.1) is 0 Å². The number of ether oxygens (including phenoxy) is 1. The van der Waals surface area contributed by atoms with Crippen molar-refractivity contribution < 1.29 is 9.22 Å². The molecule has 2 nitrogen and oxygen atoms in total. The van der Waals surface area contributed by atoms with Crippen LogP contribution < -0.4 is 0 Å². The standard InChI is InChI=1S/C8H20NO/c1-6-8(10-7-2)9(3,4)5/h8H,6-7H2,1-5H3/q+1. The van der Waals surface area contributed by atoms with E-state index in [0.29, 0.717) is 6.23 Å². The van der Waals surface area contributed by atoms with Crippen LogP contribution in [0.3, 0.4) is 0 Å². The summed E-state index contributed by atoms with van der Waals surface area (Å²) in [6.45, 7) is 5.01. The summed E-state index contributed by atoms with van der Waals surface area (Å²) in [6.07, 6.45) is 1.43. The molecule has 10 heavy (non-hydrogen) atoms. The lowest BCUT2D eigenvalue weighted by Crippen LogP contribution is -2.46. The largest absolute Gasteiger partial charge is 0.330 e. The first-order valence-electron chi connectivity index (χ1n) is 3.95. The highest BCUT2D eigenvalue weighted by molar-refractivity contribution is 4.37. The van der Waals surface area contributed by atoms with Crippen LogP contribution >= 0.6 is 0 Å². The van der Waals surface area contributed by atoms with E-state index in [-0.39, 0.29) is 0 Å². The zero-order valence-corrected chi connectivity index (χ0v) is 7.85. The van der Waals surface area contributed by atoms with Gasteiger partial charge in [-0.25, -0.2) is 0 Å². The lowest BCUT2D eigenvalue weighted by molar-refractivity contribution is -0.919. The van der Waals surface area contributed by atoms with E-state index in [9.17, 15) is 0 Å². The predicted octanol–water partition coefficient (Wildman–Crippen LogP) is 1.47. The summed E-state index contributed by atoms with van der Waals surface area (Å²) in [6, 6.07) is 0. The summed E-state index contributed by atoms with van der Waals surface area (Å²) in [5.41, 5.74) is 0. The maximum absolute atomic E-state index is 5.53. The zero-order valence-electron chi connectivity index (χ0n) is 7.85. The second kappa shape index (κ2) is 3.94. The minimum Gasteiger partial charge on any atom is -0.330 e. The summed E-state index contributed by atoms with van der Waals surface area (Å²) >= 11 is 0. The predicted molar refractivity (Wildman–Crippen MR) is 43.7 cm³/mol. The van der Waals surface area contributed by atoms with E-state index in [0.717, 1.165) is 17.5 Å². The van der Waals surface area contributed by atoms with E-state index in [4.69, 9.17) is 4.74 Å². The molecule has 0 rings (SSSR count). The number of hydrogen-bond acceptors (Lipinski definition) is 1. The van der Waals surface area contributed by atoms with Crippen molar-refractivity contribution >= 4 is 0 Å². The van der Waals surface area contributed by atoms with Crippen LogP contribution in [0.2, 0.25) is 0 Å². The lowest BCUT2D eigenvalue weighted by atomic mass is 10.3. The Labute approximate surface area is 64.4 Å². The van der Waals surface area contributed by atoms with Gasteiger partial charge < -0.3 is 9.22 Å². The number of hydrogen-bond donors (Lipinski definition) is 0. The smallest absolute Gasteiger partial charge is 0.192 e. The molecule has 0 spiro atoms. The Kier molecular flexibility index (Phi) is 3.91. The fraction of sp³-hybridized carbons (Fsp3) is 1.00. The second-order valence-electron chi connectivity index (χ2n) is 3.43. The van der Waals surface area contributed by atoms with Gasteiger partial charge in [0.2, 0.25) is 0 Å². The molecule has 0 aliphatic carbocycles. The van der Waals surface area contributed by atoms with Crippen molar-refractivity contribution in [2.45, 2.75) is 26.5 Å². The van der Waals surface area contributed by atoms with Crippen molar-refractivity contribution in [2.75, 3.05) is 27.7 Å². The molecule has 0 radical (unpaired) electrons. The Morgan fingerprint density at radius 2 is 1.70 bits per heavy atom. The first-order chi connectivity index (χ1) is 4.52. The number of nitrogens with zero attached hydrogens (tertiary/aromatic N) is 1. The molecule has 1 unspecified atom stereocenters. The van der Waals surface area contributed by atoms with E-state index < -0.39 is 0 Å². The molecule has 0 amide bonds. The fourth-order valence-corrected chi connectivity index (χ4v) is 1.08. The zero-order chi connectivity index (χ0) is 8.20. The summed E-state index contributed by atoms with van der Waals surface area (Å²) in [7, 11) is 6.47. The highest BCUT2D eigenvalue weighted by atomic mass is 16.5. The Hall–Kier alpha value is -0.0800. The topological polar surface area (TPSA) is 9.23 Å². The van der Waals surface area contributed by atoms with Crippen molar-refractivity contribution in [3.63, 3.8) is 0 Å². The van der Waals surface area contributed by atoms with Crippen molar-refractivity contribution in [3.05, 3.63) is 0 Å². The average molecular weight is 146 g/mol. The molecule has 1 atom stereocenters. The van der Waals surface area contributed by atoms with Gasteiger partial charge in [0.05, 0.1) is 27.7 Å². The van der Waals surface area contributed by atoms with Gasteiger partial charge >= 0.3 is 0 Å². The van der Waals surface area contributed by atoms with E-state index in [2.05, 4.69) is 28.1 Å². The van der Waals surface area contributed by atoms with Crippen LogP contribution in [0, 0.1) is 0 Å². The monoisotopic (exact) mass is 146 g/mol. The van der Waals surface area contributed by atoms with Gasteiger partial charge in [-0.2, -0.15) is 0 Å². The van der Waals surface area contributed by atoms with Crippen molar-refractivity contribution in [3.8, 4) is 0 Å². The molecule has 0 N–H and O–H groups in total. The molecule has 2 heteroatoms. The highest BCUT2D eigenvalue weighted by Gasteiger charge is 2.20. The average Bonchev–Trinajstić information content (AvgIpc) is 1.80. The van der Waals surface area contributed by atoms with E-state index in [1.165, 1.54) is 0 Å². The maximum Gasteiger partial charge on any atom is 0.192 e. The van der Waals surface area contributed by atoms with Crippen LogP contribution in [0.25, 0.3) is 0 Å². The molecule has 0 aliphatic rings. The quantitative estimate of drug-likeness (QED) is 0.431. The molecule has 0 aromatic carbocycles. The number of rotatable bonds is 4. The molecule has 0 aromatic rings. The van der Waals surface area contributed by atoms with Crippen molar-refractivity contribution in [1.29, 1.82) is 0 Å². The highest BCUT2D eigenvalue weighted by Crippen LogP contribution is 2.07. The first-order valence-corrected chi connectivity index (χ1v) is 3.95. The van der Waals surface area contributed by atoms with Gasteiger partial charge in [0.25, 0.3) is 0 Å². The van der Waals surface area contributed by atoms with Crippen LogP contribution in [0.1, 0.15) is 20.3 Å². The third-order valence-corrected chi connectivity index (χ3v) is 1.57. The Morgan fingerprint density at radius 1 is 1.20 bits per heavy atom. The summed E-state index contributed by atoms with van der Waals surface area (Å²) < 4.78 is 6.42. The van der Waals surface area contributed by atoms with Crippen molar-refractivity contribution in [1.82, 2.24) is 0 Å². The summed E-state index contributed by atoms with van der Waals surface area (Å²) in [5, 5.41) is 0. The first kappa shape index (κ1) is 9.92. The van der Waals surface area contributed by atoms with Crippen LogP contribution in [0.4, 0.5) is 0 Å². The Balaban J connectivity index is 3.81. The molecule has 0 saturated heterocycles. The minimum absolute atomic E-state index is 0.352. The van der Waals surface area contributed by atoms with E-state index in [1.54, 1.807) is 0 Å². The molecule has 0 bridgehead atoms. The van der Waals surface area contributed by atoms with Crippen LogP contribution in [0.5, 0.6) is 0 Å². The van der Waals surface area contributed by atoms with Crippen molar-refractivity contribution in [2.24, 2.45) is 0 Å². The molecule has 0 aliphatic heterocycles. The van der Waals surface area contributed by atoms with Gasteiger partial charge in [0.15, 0.2) is 6.23 Å². The van der Waals surface area contributed by atoms with Gasteiger partial charge in [-0.05, 0) is 6.92 Å². The normalized spacial score (nSPS) is 15.3. The SMILES string of the molecule is CCOC(CC)[N+](C)(C)C. The maximum atomic E-state index is 5.53. The minimum atomic E-state index is 0.352. The lowest BCUT2D eigenvalue weighted by Gasteiger charge is -2.32. The van der Waals surface area contributed by atoms with Gasteiger partial charge in [-0.1, -0.05) is 6.92 Å². The molecule has 0 fully saturated rings. The Morgan fingerprint density at radius 3 is 1.80 bits per heavy atom. The van der Waals surface area contributed by atoms with Crippen LogP contribution in [-0.2, 0) is 4.74 Å². The fourth-order valence-electron chi connectivity index (χ4n) is 1.08. The van der Waals surface area contributed by atoms with E-state index in [1.807, 2.05) is 6.92 Å². The molecule has 0 saturated carbocycles. The molecular weight excluding hydrogens is 126 g/mol. The number of quaternary nitrogens is 1. The van der Waals surface area contributed by atoms with Gasteiger partial charge in [0.1, 0.15) is 0 Å². The third-order valence-electron chi connectivity index (χ3n) is 1.57. The van der Waals surface area contributed by atoms with Crippen LogP contribution in [-0.4, -0.2) is 38.5 Å².